The molecule has 2 saturated carbocycles. The molecule has 7 nitrogen and oxygen atoms in total. The topological polar surface area (TPSA) is 76.5 Å². The molecule has 1 N–H and O–H groups in total. The summed E-state index contributed by atoms with van der Waals surface area (Å²) < 4.78 is 7.69. The molecule has 1 saturated heterocycles. The summed E-state index contributed by atoms with van der Waals surface area (Å²) in [6, 6.07) is 12.6. The summed E-state index contributed by atoms with van der Waals surface area (Å²) in [5, 5.41) is 3.12. The van der Waals surface area contributed by atoms with E-state index in [1.165, 1.54) is 37.7 Å². The fourth-order valence-electron chi connectivity index (χ4n) is 7.03. The summed E-state index contributed by atoms with van der Waals surface area (Å²) in [7, 11) is 0. The van der Waals surface area contributed by atoms with E-state index in [4.69, 9.17) is 4.74 Å². The second kappa shape index (κ2) is 12.5. The van der Waals surface area contributed by atoms with Crippen LogP contribution in [0, 0.1) is 11.8 Å². The van der Waals surface area contributed by atoms with Crippen LogP contribution in [0.15, 0.2) is 48.8 Å². The zero-order valence-electron chi connectivity index (χ0n) is 23.5. The second-order valence-corrected chi connectivity index (χ2v) is 12.1. The molecule has 3 aromatic rings. The number of amides is 2. The third-order valence-electron chi connectivity index (χ3n) is 9.33. The highest BCUT2D eigenvalue weighted by Crippen LogP contribution is 2.37. The molecular formula is C33H42N4O3. The molecule has 0 unspecified atom stereocenters. The summed E-state index contributed by atoms with van der Waals surface area (Å²) >= 11 is 0. The lowest BCUT2D eigenvalue weighted by molar-refractivity contribution is -0.117. The van der Waals surface area contributed by atoms with Crippen molar-refractivity contribution in [1.82, 2.24) is 14.5 Å². The van der Waals surface area contributed by atoms with E-state index in [1.807, 2.05) is 17.2 Å². The monoisotopic (exact) mass is 542 g/mol. The van der Waals surface area contributed by atoms with Gasteiger partial charge in [0.25, 0.3) is 5.91 Å². The van der Waals surface area contributed by atoms with Crippen LogP contribution in [0.1, 0.15) is 86.0 Å². The zero-order valence-corrected chi connectivity index (χ0v) is 23.5. The maximum atomic E-state index is 13.3. The minimum Gasteiger partial charge on any atom is -0.378 e. The van der Waals surface area contributed by atoms with Gasteiger partial charge in [-0.2, -0.15) is 0 Å². The lowest BCUT2D eigenvalue weighted by Gasteiger charge is -2.29. The fraction of sp³-hybridized carbons (Fsp3) is 0.545. The normalized spacial score (nSPS) is 22.4. The van der Waals surface area contributed by atoms with Crippen molar-refractivity contribution in [1.29, 1.82) is 0 Å². The molecule has 2 aliphatic carbocycles. The molecular weight excluding hydrogens is 500 g/mol. The number of carbonyl (C=O) groups excluding carboxylic acids is 2. The van der Waals surface area contributed by atoms with E-state index in [9.17, 15) is 9.59 Å². The summed E-state index contributed by atoms with van der Waals surface area (Å²) in [6.07, 6.45) is 15.4. The van der Waals surface area contributed by atoms with Crippen molar-refractivity contribution in [2.45, 2.75) is 76.7 Å². The van der Waals surface area contributed by atoms with Gasteiger partial charge in [0.05, 0.1) is 24.3 Å². The van der Waals surface area contributed by atoms with Crippen LogP contribution in [0.4, 0.5) is 5.69 Å². The van der Waals surface area contributed by atoms with E-state index >= 15 is 0 Å². The lowest BCUT2D eigenvalue weighted by Crippen LogP contribution is -2.40. The minimum atomic E-state index is 0.0584. The second-order valence-electron chi connectivity index (χ2n) is 12.1. The van der Waals surface area contributed by atoms with Crippen LogP contribution >= 0.6 is 0 Å². The third kappa shape index (κ3) is 6.25. The summed E-state index contributed by atoms with van der Waals surface area (Å²) in [5.41, 5.74) is 4.84. The third-order valence-corrected chi connectivity index (χ3v) is 9.33. The molecule has 3 heterocycles. The molecule has 2 amide bonds. The van der Waals surface area contributed by atoms with Crippen LogP contribution < -0.4 is 5.32 Å². The Balaban J connectivity index is 1.04. The van der Waals surface area contributed by atoms with E-state index in [1.54, 1.807) is 6.20 Å². The van der Waals surface area contributed by atoms with Crippen molar-refractivity contribution >= 4 is 28.5 Å². The molecule has 7 heteroatoms. The van der Waals surface area contributed by atoms with Gasteiger partial charge in [-0.05, 0) is 86.1 Å². The molecule has 2 aromatic heterocycles. The SMILES string of the molecule is O=C(CC1CCCCC1)Nc1ccc(C2CCC(Cn3cc(C(=O)N4CCOCC4)c4ncccc43)CC2)cc1. The Hall–Kier alpha value is -3.19. The quantitative estimate of drug-likeness (QED) is 0.375. The van der Waals surface area contributed by atoms with Gasteiger partial charge >= 0.3 is 0 Å². The number of fused-ring (bicyclic) bond motifs is 1. The van der Waals surface area contributed by atoms with Gasteiger partial charge < -0.3 is 19.5 Å². The van der Waals surface area contributed by atoms with Crippen LogP contribution in [0.2, 0.25) is 0 Å². The van der Waals surface area contributed by atoms with Gasteiger partial charge in [-0.25, -0.2) is 0 Å². The number of morpholine rings is 1. The van der Waals surface area contributed by atoms with Crippen LogP contribution in [-0.2, 0) is 16.1 Å². The van der Waals surface area contributed by atoms with E-state index in [0.717, 1.165) is 48.9 Å². The van der Waals surface area contributed by atoms with Crippen LogP contribution in [0.3, 0.4) is 0 Å². The van der Waals surface area contributed by atoms with Crippen molar-refractivity contribution in [3.8, 4) is 0 Å². The van der Waals surface area contributed by atoms with Crippen molar-refractivity contribution in [3.63, 3.8) is 0 Å². The summed E-state index contributed by atoms with van der Waals surface area (Å²) in [5.74, 6) is 1.91. The van der Waals surface area contributed by atoms with Crippen LogP contribution in [0.5, 0.6) is 0 Å². The molecule has 40 heavy (non-hydrogen) atoms. The van der Waals surface area contributed by atoms with Gasteiger partial charge in [-0.1, -0.05) is 31.4 Å². The molecule has 6 rings (SSSR count). The van der Waals surface area contributed by atoms with Gasteiger partial charge in [-0.3, -0.25) is 14.6 Å². The number of hydrogen-bond donors (Lipinski definition) is 1. The standard InChI is InChI=1S/C33H42N4O3/c38-31(21-24-5-2-1-3-6-24)35-28-14-12-27(13-15-28)26-10-8-25(9-11-26)22-37-23-29(32-30(37)7-4-16-34-32)33(39)36-17-19-40-20-18-36/h4,7,12-16,23-26H,1-3,5-6,8-11,17-22H2,(H,35,38). The number of carbonyl (C=O) groups is 2. The number of rotatable bonds is 7. The van der Waals surface area contributed by atoms with Gasteiger partial charge in [0.15, 0.2) is 0 Å². The first-order valence-corrected chi connectivity index (χ1v) is 15.3. The molecule has 0 spiro atoms. The number of anilines is 1. The minimum absolute atomic E-state index is 0.0584. The van der Waals surface area contributed by atoms with E-state index < -0.39 is 0 Å². The Bertz CT molecular complexity index is 1300. The molecule has 1 aromatic carbocycles. The number of pyridine rings is 1. The highest BCUT2D eigenvalue weighted by molar-refractivity contribution is 6.05. The Labute approximate surface area is 237 Å². The first-order valence-electron chi connectivity index (χ1n) is 15.3. The van der Waals surface area contributed by atoms with Crippen molar-refractivity contribution < 1.29 is 14.3 Å². The maximum absolute atomic E-state index is 13.3. The number of benzene rings is 1. The first-order chi connectivity index (χ1) is 19.6. The van der Waals surface area contributed by atoms with Gasteiger partial charge in [0, 0.05) is 44.1 Å². The molecule has 212 valence electrons. The number of ether oxygens (including phenoxy) is 1. The van der Waals surface area contributed by atoms with E-state index in [2.05, 4.69) is 45.2 Å². The van der Waals surface area contributed by atoms with Crippen molar-refractivity contribution in [3.05, 3.63) is 59.9 Å². The Morgan fingerprint density at radius 2 is 1.65 bits per heavy atom. The number of nitrogens with one attached hydrogen (secondary N) is 1. The molecule has 0 atom stereocenters. The van der Waals surface area contributed by atoms with Crippen molar-refractivity contribution in [2.75, 3.05) is 31.6 Å². The zero-order chi connectivity index (χ0) is 27.3. The smallest absolute Gasteiger partial charge is 0.257 e. The number of aromatic nitrogens is 2. The Kier molecular flexibility index (Phi) is 8.47. The average Bonchev–Trinajstić information content (AvgIpc) is 3.37. The highest BCUT2D eigenvalue weighted by atomic mass is 16.5. The average molecular weight is 543 g/mol. The summed E-state index contributed by atoms with van der Waals surface area (Å²) in [6.45, 7) is 3.38. The number of nitrogens with zero attached hydrogens (tertiary/aromatic N) is 3. The molecule has 0 radical (unpaired) electrons. The van der Waals surface area contributed by atoms with Gasteiger partial charge in [0.1, 0.15) is 5.52 Å². The van der Waals surface area contributed by atoms with Crippen LogP contribution in [0.25, 0.3) is 11.0 Å². The number of hydrogen-bond acceptors (Lipinski definition) is 4. The van der Waals surface area contributed by atoms with Gasteiger partial charge in [0.2, 0.25) is 5.91 Å². The predicted molar refractivity (Wildman–Crippen MR) is 157 cm³/mol. The molecule has 1 aliphatic heterocycles. The Morgan fingerprint density at radius 3 is 2.40 bits per heavy atom. The van der Waals surface area contributed by atoms with E-state index in [-0.39, 0.29) is 11.8 Å². The molecule has 3 fully saturated rings. The first kappa shape index (κ1) is 27.0. The highest BCUT2D eigenvalue weighted by Gasteiger charge is 2.26. The van der Waals surface area contributed by atoms with Crippen LogP contribution in [-0.4, -0.2) is 52.6 Å². The van der Waals surface area contributed by atoms with Crippen molar-refractivity contribution in [2.24, 2.45) is 11.8 Å². The fourth-order valence-corrected chi connectivity index (χ4v) is 7.03. The predicted octanol–water partition coefficient (Wildman–Crippen LogP) is 6.39. The molecule has 0 bridgehead atoms. The van der Waals surface area contributed by atoms with Gasteiger partial charge in [-0.15, -0.1) is 0 Å². The lowest BCUT2D eigenvalue weighted by atomic mass is 9.78. The van der Waals surface area contributed by atoms with E-state index in [0.29, 0.717) is 56.0 Å². The molecule has 3 aliphatic rings. The largest absolute Gasteiger partial charge is 0.378 e. The maximum Gasteiger partial charge on any atom is 0.257 e. The summed E-state index contributed by atoms with van der Waals surface area (Å²) in [4.78, 5) is 32.3. The Morgan fingerprint density at radius 1 is 0.900 bits per heavy atom.